The van der Waals surface area contributed by atoms with Crippen molar-refractivity contribution in [1.82, 2.24) is 4.90 Å². The summed E-state index contributed by atoms with van der Waals surface area (Å²) in [7, 11) is 0. The average molecular weight is 256 g/mol. The molecule has 1 aliphatic rings. The first-order valence-electron chi connectivity index (χ1n) is 7.17. The van der Waals surface area contributed by atoms with Gasteiger partial charge in [0.2, 0.25) is 0 Å². The van der Waals surface area contributed by atoms with Crippen LogP contribution in [-0.4, -0.2) is 24.5 Å². The largest absolute Gasteiger partial charge is 0.324 e. The number of rotatable bonds is 7. The molecule has 102 valence electrons. The molecule has 0 aromatic heterocycles. The molecule has 1 fully saturated rings. The Morgan fingerprint density at radius 1 is 1.37 bits per heavy atom. The molecular weight excluding hydrogens is 232 g/mol. The van der Waals surface area contributed by atoms with Crippen LogP contribution in [0.3, 0.4) is 0 Å². The number of terminal acetylenes is 1. The summed E-state index contributed by atoms with van der Waals surface area (Å²) in [6, 6.07) is 10.4. The zero-order valence-electron chi connectivity index (χ0n) is 11.8. The van der Waals surface area contributed by atoms with Gasteiger partial charge in [-0.3, -0.25) is 4.90 Å². The topological polar surface area (TPSA) is 29.3 Å². The predicted octanol–water partition coefficient (Wildman–Crippen LogP) is 2.67. The number of hydrogen-bond acceptors (Lipinski definition) is 2. The molecule has 0 saturated heterocycles. The fourth-order valence-electron chi connectivity index (χ4n) is 2.52. The van der Waals surface area contributed by atoms with Crippen LogP contribution in [0.2, 0.25) is 0 Å². The lowest BCUT2D eigenvalue weighted by Crippen LogP contribution is -2.35. The lowest BCUT2D eigenvalue weighted by molar-refractivity contribution is 0.237. The first-order valence-corrected chi connectivity index (χ1v) is 7.17. The highest BCUT2D eigenvalue weighted by Gasteiger charge is 2.25. The van der Waals surface area contributed by atoms with Crippen LogP contribution in [0.4, 0.5) is 0 Å². The van der Waals surface area contributed by atoms with Gasteiger partial charge in [-0.15, -0.1) is 6.42 Å². The molecule has 2 atom stereocenters. The average Bonchev–Trinajstić information content (AvgIpc) is 3.23. The van der Waals surface area contributed by atoms with Gasteiger partial charge in [-0.05, 0) is 30.2 Å². The first-order chi connectivity index (χ1) is 9.20. The van der Waals surface area contributed by atoms with Crippen LogP contribution >= 0.6 is 0 Å². The number of nitrogens with zero attached hydrogens (tertiary/aromatic N) is 1. The molecule has 0 spiro atoms. The molecular formula is C17H24N2. The van der Waals surface area contributed by atoms with Crippen molar-refractivity contribution in [2.24, 2.45) is 17.6 Å². The molecule has 2 N–H and O–H groups in total. The van der Waals surface area contributed by atoms with Crippen molar-refractivity contribution < 1.29 is 0 Å². The van der Waals surface area contributed by atoms with Crippen LogP contribution < -0.4 is 5.73 Å². The number of benzene rings is 1. The summed E-state index contributed by atoms with van der Waals surface area (Å²) in [5.41, 5.74) is 7.56. The van der Waals surface area contributed by atoms with Crippen molar-refractivity contribution in [2.75, 3.05) is 19.6 Å². The summed E-state index contributed by atoms with van der Waals surface area (Å²) in [6.07, 6.45) is 8.19. The summed E-state index contributed by atoms with van der Waals surface area (Å²) >= 11 is 0. The molecule has 2 nitrogen and oxygen atoms in total. The number of hydrogen-bond donors (Lipinski definition) is 1. The fourth-order valence-corrected chi connectivity index (χ4v) is 2.52. The normalized spacial score (nSPS) is 18.0. The van der Waals surface area contributed by atoms with Crippen LogP contribution in [0.15, 0.2) is 30.3 Å². The van der Waals surface area contributed by atoms with Crippen LogP contribution in [0.5, 0.6) is 0 Å². The van der Waals surface area contributed by atoms with Gasteiger partial charge in [0.05, 0.1) is 6.54 Å². The van der Waals surface area contributed by atoms with Crippen LogP contribution in [-0.2, 0) is 0 Å². The molecule has 2 heteroatoms. The van der Waals surface area contributed by atoms with Crippen LogP contribution in [0, 0.1) is 24.2 Å². The van der Waals surface area contributed by atoms with E-state index in [1.54, 1.807) is 0 Å². The fraction of sp³-hybridized carbons (Fsp3) is 0.529. The smallest absolute Gasteiger partial charge is 0.0599 e. The van der Waals surface area contributed by atoms with E-state index in [4.69, 9.17) is 12.2 Å². The monoisotopic (exact) mass is 256 g/mol. The molecule has 0 heterocycles. The van der Waals surface area contributed by atoms with Crippen molar-refractivity contribution in [1.29, 1.82) is 0 Å². The predicted molar refractivity (Wildman–Crippen MR) is 80.5 cm³/mol. The highest BCUT2D eigenvalue weighted by Crippen LogP contribution is 2.30. The van der Waals surface area contributed by atoms with Gasteiger partial charge < -0.3 is 5.73 Å². The first kappa shape index (κ1) is 14.1. The maximum atomic E-state index is 6.35. The minimum Gasteiger partial charge on any atom is -0.324 e. The van der Waals surface area contributed by atoms with E-state index in [1.807, 2.05) is 18.2 Å². The maximum Gasteiger partial charge on any atom is 0.0599 e. The zero-order valence-corrected chi connectivity index (χ0v) is 11.8. The number of nitrogens with two attached hydrogens (primary N) is 1. The van der Waals surface area contributed by atoms with Gasteiger partial charge in [0.1, 0.15) is 0 Å². The summed E-state index contributed by atoms with van der Waals surface area (Å²) in [4.78, 5) is 2.38. The second kappa shape index (κ2) is 6.75. The Bertz CT molecular complexity index is 417. The molecule has 1 aromatic rings. The van der Waals surface area contributed by atoms with Gasteiger partial charge >= 0.3 is 0 Å². The van der Waals surface area contributed by atoms with Gasteiger partial charge in [-0.25, -0.2) is 0 Å². The van der Waals surface area contributed by atoms with E-state index in [0.29, 0.717) is 5.92 Å². The van der Waals surface area contributed by atoms with Gasteiger partial charge in [0.25, 0.3) is 0 Å². The Balaban J connectivity index is 1.90. The third kappa shape index (κ3) is 4.38. The van der Waals surface area contributed by atoms with Crippen LogP contribution in [0.25, 0.3) is 0 Å². The van der Waals surface area contributed by atoms with E-state index in [1.165, 1.54) is 18.4 Å². The quantitative estimate of drug-likeness (QED) is 0.760. The van der Waals surface area contributed by atoms with Crippen molar-refractivity contribution in [3.63, 3.8) is 0 Å². The van der Waals surface area contributed by atoms with E-state index >= 15 is 0 Å². The summed E-state index contributed by atoms with van der Waals surface area (Å²) in [5.74, 6) is 4.05. The molecule has 0 radical (unpaired) electrons. The summed E-state index contributed by atoms with van der Waals surface area (Å²) < 4.78 is 0. The van der Waals surface area contributed by atoms with E-state index in [2.05, 4.69) is 29.9 Å². The van der Waals surface area contributed by atoms with Crippen molar-refractivity contribution in [3.8, 4) is 12.3 Å². The Kier molecular flexibility index (Phi) is 5.01. The Morgan fingerprint density at radius 3 is 2.63 bits per heavy atom. The Morgan fingerprint density at radius 2 is 2.05 bits per heavy atom. The molecule has 0 aliphatic heterocycles. The van der Waals surface area contributed by atoms with Gasteiger partial charge in [0.15, 0.2) is 0 Å². The highest BCUT2D eigenvalue weighted by molar-refractivity contribution is 5.19. The molecule has 2 unspecified atom stereocenters. The van der Waals surface area contributed by atoms with Crippen molar-refractivity contribution in [3.05, 3.63) is 35.9 Å². The lowest BCUT2D eigenvalue weighted by Gasteiger charge is -2.27. The maximum absolute atomic E-state index is 6.35. The standard InChI is InChI=1S/C17H24N2/c1-3-11-19(13-15-9-10-15)12-14(2)17(18)16-7-5-4-6-8-16/h1,4-8,14-15,17H,9-13,18H2,2H3. The van der Waals surface area contributed by atoms with E-state index < -0.39 is 0 Å². The zero-order chi connectivity index (χ0) is 13.7. The van der Waals surface area contributed by atoms with Gasteiger partial charge in [0, 0.05) is 19.1 Å². The SMILES string of the molecule is C#CCN(CC1CC1)CC(C)C(N)c1ccccc1. The molecule has 1 aliphatic carbocycles. The third-order valence-electron chi connectivity index (χ3n) is 3.87. The highest BCUT2D eigenvalue weighted by atomic mass is 15.1. The summed E-state index contributed by atoms with van der Waals surface area (Å²) in [6.45, 7) is 5.07. The Labute approximate surface area is 117 Å². The minimum atomic E-state index is 0.0840. The lowest BCUT2D eigenvalue weighted by atomic mass is 9.95. The van der Waals surface area contributed by atoms with E-state index in [0.717, 1.165) is 25.6 Å². The van der Waals surface area contributed by atoms with Crippen molar-refractivity contribution >= 4 is 0 Å². The third-order valence-corrected chi connectivity index (χ3v) is 3.87. The molecule has 1 saturated carbocycles. The van der Waals surface area contributed by atoms with Gasteiger partial charge in [-0.1, -0.05) is 43.2 Å². The van der Waals surface area contributed by atoms with Crippen LogP contribution in [0.1, 0.15) is 31.4 Å². The van der Waals surface area contributed by atoms with E-state index in [-0.39, 0.29) is 6.04 Å². The molecule has 1 aromatic carbocycles. The molecule has 0 amide bonds. The second-order valence-corrected chi connectivity index (χ2v) is 5.76. The molecule has 2 rings (SSSR count). The van der Waals surface area contributed by atoms with Gasteiger partial charge in [-0.2, -0.15) is 0 Å². The Hall–Kier alpha value is -1.30. The molecule has 0 bridgehead atoms. The summed E-state index contributed by atoms with van der Waals surface area (Å²) in [5, 5.41) is 0. The second-order valence-electron chi connectivity index (χ2n) is 5.76. The van der Waals surface area contributed by atoms with E-state index in [9.17, 15) is 0 Å². The van der Waals surface area contributed by atoms with Crippen molar-refractivity contribution in [2.45, 2.75) is 25.8 Å². The minimum absolute atomic E-state index is 0.0840. The molecule has 19 heavy (non-hydrogen) atoms.